The normalized spacial score (nSPS) is 10.7. The second-order valence-electron chi connectivity index (χ2n) is 5.32. The summed E-state index contributed by atoms with van der Waals surface area (Å²) in [5.74, 6) is 0.197. The number of rotatable bonds is 5. The van der Waals surface area contributed by atoms with E-state index in [1.807, 2.05) is 42.8 Å². The monoisotopic (exact) mass is 391 g/mol. The van der Waals surface area contributed by atoms with E-state index in [4.69, 9.17) is 23.2 Å². The van der Waals surface area contributed by atoms with Crippen molar-refractivity contribution >= 4 is 46.7 Å². The van der Waals surface area contributed by atoms with Gasteiger partial charge >= 0.3 is 0 Å². The zero-order valence-electron chi connectivity index (χ0n) is 13.4. The summed E-state index contributed by atoms with van der Waals surface area (Å²) >= 11 is 13.6. The maximum absolute atomic E-state index is 12.4. The molecule has 1 heterocycles. The lowest BCUT2D eigenvalue weighted by molar-refractivity contribution is 0.102. The summed E-state index contributed by atoms with van der Waals surface area (Å²) in [7, 11) is 0. The van der Waals surface area contributed by atoms with Crippen LogP contribution in [0.25, 0.3) is 0 Å². The van der Waals surface area contributed by atoms with E-state index in [9.17, 15) is 4.79 Å². The Bertz CT molecular complexity index is 894. The maximum atomic E-state index is 12.4. The van der Waals surface area contributed by atoms with Gasteiger partial charge < -0.3 is 5.32 Å². The SMILES string of the molecule is CSc1ccc(Cl)c(C(=O)Nc2ccn(Cc3ccc(Cl)cc3)n2)c1. The molecule has 0 saturated heterocycles. The van der Waals surface area contributed by atoms with Gasteiger partial charge in [0.15, 0.2) is 5.82 Å². The van der Waals surface area contributed by atoms with Gasteiger partial charge in [-0.1, -0.05) is 35.3 Å². The molecule has 128 valence electrons. The molecule has 2 aromatic carbocycles. The van der Waals surface area contributed by atoms with Crippen LogP contribution in [-0.2, 0) is 6.54 Å². The highest BCUT2D eigenvalue weighted by Gasteiger charge is 2.13. The van der Waals surface area contributed by atoms with Crippen LogP contribution in [0, 0.1) is 0 Å². The second-order valence-corrected chi connectivity index (χ2v) is 7.05. The van der Waals surface area contributed by atoms with Gasteiger partial charge in [0.1, 0.15) is 0 Å². The molecule has 4 nitrogen and oxygen atoms in total. The van der Waals surface area contributed by atoms with E-state index in [1.54, 1.807) is 34.6 Å². The maximum Gasteiger partial charge on any atom is 0.258 e. The Morgan fingerprint density at radius 3 is 2.64 bits per heavy atom. The molecule has 0 saturated carbocycles. The van der Waals surface area contributed by atoms with Crippen LogP contribution in [0.3, 0.4) is 0 Å². The molecule has 3 rings (SSSR count). The van der Waals surface area contributed by atoms with Crippen molar-refractivity contribution in [3.8, 4) is 0 Å². The van der Waals surface area contributed by atoms with E-state index in [2.05, 4.69) is 10.4 Å². The van der Waals surface area contributed by atoms with Crippen molar-refractivity contribution in [1.29, 1.82) is 0 Å². The van der Waals surface area contributed by atoms with E-state index >= 15 is 0 Å². The first-order valence-electron chi connectivity index (χ1n) is 7.48. The number of carbonyl (C=O) groups is 1. The summed E-state index contributed by atoms with van der Waals surface area (Å²) in [4.78, 5) is 13.4. The third kappa shape index (κ3) is 4.57. The van der Waals surface area contributed by atoms with Gasteiger partial charge in [-0.2, -0.15) is 5.10 Å². The van der Waals surface area contributed by atoms with Gasteiger partial charge in [0.25, 0.3) is 5.91 Å². The fourth-order valence-corrected chi connectivity index (χ4v) is 3.05. The lowest BCUT2D eigenvalue weighted by atomic mass is 10.2. The molecule has 0 bridgehead atoms. The van der Waals surface area contributed by atoms with Crippen LogP contribution in [0.15, 0.2) is 59.6 Å². The van der Waals surface area contributed by atoms with Crippen molar-refractivity contribution in [2.24, 2.45) is 0 Å². The number of thioether (sulfide) groups is 1. The van der Waals surface area contributed by atoms with Gasteiger partial charge in [-0.15, -0.1) is 11.8 Å². The number of halogens is 2. The van der Waals surface area contributed by atoms with Crippen LogP contribution in [0.2, 0.25) is 10.0 Å². The number of nitrogens with zero attached hydrogens (tertiary/aromatic N) is 2. The van der Waals surface area contributed by atoms with Gasteiger partial charge in [0.2, 0.25) is 0 Å². The van der Waals surface area contributed by atoms with Crippen molar-refractivity contribution in [3.63, 3.8) is 0 Å². The molecule has 1 aromatic heterocycles. The van der Waals surface area contributed by atoms with Crippen LogP contribution in [-0.4, -0.2) is 21.9 Å². The topological polar surface area (TPSA) is 46.9 Å². The van der Waals surface area contributed by atoms with Gasteiger partial charge in [-0.3, -0.25) is 9.48 Å². The summed E-state index contributed by atoms with van der Waals surface area (Å²) in [6, 6.07) is 14.7. The Kier molecular flexibility index (Phi) is 5.68. The van der Waals surface area contributed by atoms with E-state index in [1.165, 1.54) is 0 Å². The van der Waals surface area contributed by atoms with Crippen LogP contribution >= 0.6 is 35.0 Å². The number of carbonyl (C=O) groups excluding carboxylic acids is 1. The Balaban J connectivity index is 1.70. The van der Waals surface area contributed by atoms with Crippen molar-refractivity contribution in [3.05, 3.63) is 75.9 Å². The molecule has 0 aliphatic rings. The van der Waals surface area contributed by atoms with Gasteiger partial charge in [-0.05, 0) is 42.2 Å². The number of benzene rings is 2. The molecule has 0 spiro atoms. The van der Waals surface area contributed by atoms with Gasteiger partial charge in [0, 0.05) is 22.2 Å². The Labute approximate surface area is 160 Å². The Hall–Kier alpha value is -1.95. The minimum atomic E-state index is -0.280. The zero-order chi connectivity index (χ0) is 17.8. The lowest BCUT2D eigenvalue weighted by Gasteiger charge is -2.06. The summed E-state index contributed by atoms with van der Waals surface area (Å²) in [5, 5.41) is 8.26. The number of anilines is 1. The third-order valence-corrected chi connectivity index (χ3v) is 4.87. The molecule has 0 unspecified atom stereocenters. The van der Waals surface area contributed by atoms with Gasteiger partial charge in [0.05, 0.1) is 17.1 Å². The predicted octanol–water partition coefficient (Wildman–Crippen LogP) is 5.21. The van der Waals surface area contributed by atoms with E-state index < -0.39 is 0 Å². The highest BCUT2D eigenvalue weighted by molar-refractivity contribution is 7.98. The number of hydrogen-bond acceptors (Lipinski definition) is 3. The lowest BCUT2D eigenvalue weighted by Crippen LogP contribution is -2.13. The second kappa shape index (κ2) is 7.95. The standard InChI is InChI=1S/C18H15Cl2N3OS/c1-25-14-6-7-16(20)15(10-14)18(24)21-17-8-9-23(22-17)11-12-2-4-13(19)5-3-12/h2-10H,11H2,1H3,(H,21,22,24). The number of aromatic nitrogens is 2. The molecular weight excluding hydrogens is 377 g/mol. The van der Waals surface area contributed by atoms with Crippen molar-refractivity contribution < 1.29 is 4.79 Å². The largest absolute Gasteiger partial charge is 0.305 e. The minimum Gasteiger partial charge on any atom is -0.305 e. The molecule has 1 amide bonds. The molecule has 0 aliphatic heterocycles. The van der Waals surface area contributed by atoms with Crippen LogP contribution < -0.4 is 5.32 Å². The molecule has 7 heteroatoms. The number of amides is 1. The smallest absolute Gasteiger partial charge is 0.258 e. The number of nitrogens with one attached hydrogen (secondary N) is 1. The fourth-order valence-electron chi connectivity index (χ4n) is 2.28. The van der Waals surface area contributed by atoms with E-state index in [-0.39, 0.29) is 5.91 Å². The summed E-state index contributed by atoms with van der Waals surface area (Å²) in [6.45, 7) is 0.593. The quantitative estimate of drug-likeness (QED) is 0.606. The van der Waals surface area contributed by atoms with Crippen molar-refractivity contribution in [2.75, 3.05) is 11.6 Å². The Morgan fingerprint density at radius 2 is 1.92 bits per heavy atom. The predicted molar refractivity (Wildman–Crippen MR) is 104 cm³/mol. The Morgan fingerprint density at radius 1 is 1.16 bits per heavy atom. The van der Waals surface area contributed by atoms with Crippen LogP contribution in [0.1, 0.15) is 15.9 Å². The molecule has 0 atom stereocenters. The molecule has 25 heavy (non-hydrogen) atoms. The summed E-state index contributed by atoms with van der Waals surface area (Å²) < 4.78 is 1.75. The third-order valence-electron chi connectivity index (χ3n) is 3.56. The van der Waals surface area contributed by atoms with Crippen molar-refractivity contribution in [1.82, 2.24) is 9.78 Å². The minimum absolute atomic E-state index is 0.280. The molecule has 1 N–H and O–H groups in total. The molecule has 0 aliphatic carbocycles. The number of hydrogen-bond donors (Lipinski definition) is 1. The molecule has 0 radical (unpaired) electrons. The average molecular weight is 392 g/mol. The van der Waals surface area contributed by atoms with Crippen LogP contribution in [0.4, 0.5) is 5.82 Å². The van der Waals surface area contributed by atoms with Crippen molar-refractivity contribution in [2.45, 2.75) is 11.4 Å². The molecular formula is C18H15Cl2N3OS. The summed E-state index contributed by atoms with van der Waals surface area (Å²) in [6.07, 6.45) is 3.76. The summed E-state index contributed by atoms with van der Waals surface area (Å²) in [5.41, 5.74) is 1.50. The molecule has 0 fully saturated rings. The highest BCUT2D eigenvalue weighted by Crippen LogP contribution is 2.23. The highest BCUT2D eigenvalue weighted by atomic mass is 35.5. The van der Waals surface area contributed by atoms with Crippen LogP contribution in [0.5, 0.6) is 0 Å². The first-order valence-corrected chi connectivity index (χ1v) is 9.46. The first kappa shape index (κ1) is 17.9. The zero-order valence-corrected chi connectivity index (χ0v) is 15.7. The average Bonchev–Trinajstić information content (AvgIpc) is 3.04. The van der Waals surface area contributed by atoms with E-state index in [0.29, 0.717) is 28.0 Å². The first-order chi connectivity index (χ1) is 12.0. The van der Waals surface area contributed by atoms with Gasteiger partial charge in [-0.25, -0.2) is 0 Å². The van der Waals surface area contributed by atoms with E-state index in [0.717, 1.165) is 10.5 Å². The fraction of sp³-hybridized carbons (Fsp3) is 0.111. The molecule has 3 aromatic rings.